The number of anilines is 1. The van der Waals surface area contributed by atoms with Crippen LogP contribution in [-0.2, 0) is 30.5 Å². The SMILES string of the molecule is COCc1ccc(O[C@H]2C[C@@H](O)C[C@@H](C(=O)O)O2)c(NC(=O)CCNC=O)c1. The standard InChI is InChI=1S/C18H24N2O8/c1-26-9-11-2-3-14(13(6-11)20-16(23)4-5-19-10-21)27-17-8-12(22)7-15(28-17)18(24)25/h2-3,6,10,12,15,17,22H,4-5,7-9H2,1H3,(H,19,21)(H,20,23)(H,24,25)/t12-,15-,17+/m0/s1. The first kappa shape index (κ1) is 21.6. The molecule has 1 aliphatic rings. The third-order valence-electron chi connectivity index (χ3n) is 4.01. The number of aliphatic hydroxyl groups is 1. The Hall–Kier alpha value is -2.69. The maximum Gasteiger partial charge on any atom is 0.333 e. The van der Waals surface area contributed by atoms with Gasteiger partial charge in [-0.05, 0) is 17.7 Å². The highest BCUT2D eigenvalue weighted by atomic mass is 16.7. The number of nitrogens with one attached hydrogen (secondary N) is 2. The fourth-order valence-electron chi connectivity index (χ4n) is 2.73. The molecule has 2 amide bonds. The van der Waals surface area contributed by atoms with E-state index in [1.165, 1.54) is 7.11 Å². The van der Waals surface area contributed by atoms with E-state index < -0.39 is 24.5 Å². The summed E-state index contributed by atoms with van der Waals surface area (Å²) in [5.41, 5.74) is 1.13. The normalized spacial score (nSPS) is 21.6. The van der Waals surface area contributed by atoms with Gasteiger partial charge in [0.05, 0.1) is 18.4 Å². The maximum absolute atomic E-state index is 12.1. The molecular weight excluding hydrogens is 372 g/mol. The minimum Gasteiger partial charge on any atom is -0.479 e. The quantitative estimate of drug-likeness (QED) is 0.325. The summed E-state index contributed by atoms with van der Waals surface area (Å²) in [6.07, 6.45) is -2.38. The zero-order valence-corrected chi connectivity index (χ0v) is 15.4. The van der Waals surface area contributed by atoms with Gasteiger partial charge in [0.1, 0.15) is 5.75 Å². The molecule has 1 aromatic rings. The Labute approximate surface area is 161 Å². The highest BCUT2D eigenvalue weighted by Gasteiger charge is 2.34. The number of carboxylic acid groups (broad SMARTS) is 1. The van der Waals surface area contributed by atoms with Gasteiger partial charge < -0.3 is 35.1 Å². The Morgan fingerprint density at radius 1 is 1.36 bits per heavy atom. The van der Waals surface area contributed by atoms with E-state index in [1.54, 1.807) is 18.2 Å². The molecule has 0 aromatic heterocycles. The van der Waals surface area contributed by atoms with Gasteiger partial charge >= 0.3 is 5.97 Å². The molecule has 1 heterocycles. The fraction of sp³-hybridized carbons (Fsp3) is 0.500. The van der Waals surface area contributed by atoms with Crippen LogP contribution in [0.25, 0.3) is 0 Å². The van der Waals surface area contributed by atoms with Crippen molar-refractivity contribution in [3.05, 3.63) is 23.8 Å². The Balaban J connectivity index is 2.13. The molecule has 0 bridgehead atoms. The lowest BCUT2D eigenvalue weighted by Gasteiger charge is -2.31. The molecule has 3 atom stereocenters. The van der Waals surface area contributed by atoms with Crippen LogP contribution >= 0.6 is 0 Å². The molecule has 1 saturated heterocycles. The minimum absolute atomic E-state index is 0.0186. The molecule has 0 spiro atoms. The maximum atomic E-state index is 12.1. The number of hydrogen-bond acceptors (Lipinski definition) is 7. The Morgan fingerprint density at radius 2 is 2.14 bits per heavy atom. The zero-order chi connectivity index (χ0) is 20.5. The van der Waals surface area contributed by atoms with E-state index in [2.05, 4.69) is 10.6 Å². The lowest BCUT2D eigenvalue weighted by molar-refractivity contribution is -0.195. The van der Waals surface area contributed by atoms with Crippen molar-refractivity contribution in [3.63, 3.8) is 0 Å². The van der Waals surface area contributed by atoms with Crippen LogP contribution in [0.3, 0.4) is 0 Å². The van der Waals surface area contributed by atoms with Crippen LogP contribution in [-0.4, -0.2) is 60.7 Å². The molecule has 10 heteroatoms. The van der Waals surface area contributed by atoms with Crippen LogP contribution in [0.2, 0.25) is 0 Å². The van der Waals surface area contributed by atoms with Crippen molar-refractivity contribution in [3.8, 4) is 5.75 Å². The van der Waals surface area contributed by atoms with E-state index in [0.29, 0.717) is 18.7 Å². The molecule has 1 aromatic carbocycles. The van der Waals surface area contributed by atoms with Crippen molar-refractivity contribution in [2.45, 2.75) is 44.4 Å². The van der Waals surface area contributed by atoms with Gasteiger partial charge in [0.25, 0.3) is 0 Å². The first-order valence-corrected chi connectivity index (χ1v) is 8.74. The van der Waals surface area contributed by atoms with Gasteiger partial charge in [0.15, 0.2) is 6.10 Å². The molecule has 2 rings (SSSR count). The van der Waals surface area contributed by atoms with Gasteiger partial charge in [-0.2, -0.15) is 0 Å². The van der Waals surface area contributed by atoms with E-state index in [-0.39, 0.29) is 37.5 Å². The zero-order valence-electron chi connectivity index (χ0n) is 15.4. The molecule has 10 nitrogen and oxygen atoms in total. The molecule has 0 unspecified atom stereocenters. The third kappa shape index (κ3) is 6.48. The molecule has 28 heavy (non-hydrogen) atoms. The molecule has 1 aliphatic heterocycles. The second kappa shape index (κ2) is 10.6. The van der Waals surface area contributed by atoms with Crippen LogP contribution in [0.5, 0.6) is 5.75 Å². The number of amides is 2. The highest BCUT2D eigenvalue weighted by Crippen LogP contribution is 2.30. The number of methoxy groups -OCH3 is 1. The van der Waals surface area contributed by atoms with Gasteiger partial charge in [0.2, 0.25) is 18.6 Å². The Bertz CT molecular complexity index is 696. The second-order valence-electron chi connectivity index (χ2n) is 6.27. The highest BCUT2D eigenvalue weighted by molar-refractivity contribution is 5.92. The van der Waals surface area contributed by atoms with Crippen molar-refractivity contribution in [2.75, 3.05) is 19.0 Å². The average Bonchev–Trinajstić information content (AvgIpc) is 2.64. The van der Waals surface area contributed by atoms with Crippen molar-refractivity contribution in [2.24, 2.45) is 0 Å². The smallest absolute Gasteiger partial charge is 0.333 e. The van der Waals surface area contributed by atoms with Gasteiger partial charge in [-0.1, -0.05) is 6.07 Å². The summed E-state index contributed by atoms with van der Waals surface area (Å²) in [6.45, 7) is 0.497. The first-order valence-electron chi connectivity index (χ1n) is 8.74. The van der Waals surface area contributed by atoms with Crippen LogP contribution in [0.1, 0.15) is 24.8 Å². The number of benzene rings is 1. The second-order valence-corrected chi connectivity index (χ2v) is 6.27. The minimum atomic E-state index is -1.18. The summed E-state index contributed by atoms with van der Waals surface area (Å²) in [5.74, 6) is -1.26. The van der Waals surface area contributed by atoms with E-state index in [9.17, 15) is 19.5 Å². The number of carbonyl (C=O) groups is 3. The van der Waals surface area contributed by atoms with Gasteiger partial charge in [-0.25, -0.2) is 4.79 Å². The lowest BCUT2D eigenvalue weighted by Crippen LogP contribution is -2.42. The van der Waals surface area contributed by atoms with Crippen LogP contribution in [0, 0.1) is 0 Å². The Morgan fingerprint density at radius 3 is 2.82 bits per heavy atom. The fourth-order valence-corrected chi connectivity index (χ4v) is 2.73. The lowest BCUT2D eigenvalue weighted by atomic mass is 10.1. The third-order valence-corrected chi connectivity index (χ3v) is 4.01. The van der Waals surface area contributed by atoms with Crippen LogP contribution in [0.15, 0.2) is 18.2 Å². The molecule has 154 valence electrons. The summed E-state index contributed by atoms with van der Waals surface area (Å²) in [6, 6.07) is 5.00. The predicted molar refractivity (Wildman–Crippen MR) is 96.6 cm³/mol. The molecule has 0 radical (unpaired) electrons. The predicted octanol–water partition coefficient (Wildman–Crippen LogP) is 0.237. The summed E-state index contributed by atoms with van der Waals surface area (Å²) < 4.78 is 16.2. The van der Waals surface area contributed by atoms with Gasteiger partial charge in [-0.15, -0.1) is 0 Å². The van der Waals surface area contributed by atoms with Crippen molar-refractivity contribution in [1.29, 1.82) is 0 Å². The summed E-state index contributed by atoms with van der Waals surface area (Å²) >= 11 is 0. The molecular formula is C18H24N2O8. The van der Waals surface area contributed by atoms with Gasteiger partial charge in [-0.3, -0.25) is 9.59 Å². The van der Waals surface area contributed by atoms with E-state index in [0.717, 1.165) is 5.56 Å². The number of carbonyl (C=O) groups excluding carboxylic acids is 2. The van der Waals surface area contributed by atoms with E-state index in [1.807, 2.05) is 0 Å². The summed E-state index contributed by atoms with van der Waals surface area (Å²) in [5, 5.41) is 24.1. The monoisotopic (exact) mass is 396 g/mol. The van der Waals surface area contributed by atoms with Crippen molar-refractivity contribution in [1.82, 2.24) is 5.32 Å². The molecule has 0 aliphatic carbocycles. The topological polar surface area (TPSA) is 143 Å². The summed E-state index contributed by atoms with van der Waals surface area (Å²) in [4.78, 5) is 33.5. The molecule has 1 fully saturated rings. The number of aliphatic hydroxyl groups excluding tert-OH is 1. The summed E-state index contributed by atoms with van der Waals surface area (Å²) in [7, 11) is 1.54. The number of ether oxygens (including phenoxy) is 3. The van der Waals surface area contributed by atoms with Crippen LogP contribution < -0.4 is 15.4 Å². The van der Waals surface area contributed by atoms with Crippen LogP contribution in [0.4, 0.5) is 5.69 Å². The van der Waals surface area contributed by atoms with Crippen molar-refractivity contribution < 1.29 is 38.8 Å². The average molecular weight is 396 g/mol. The first-order chi connectivity index (χ1) is 13.4. The Kier molecular flexibility index (Phi) is 8.18. The number of aliphatic carboxylic acids is 1. The van der Waals surface area contributed by atoms with E-state index in [4.69, 9.17) is 19.3 Å². The van der Waals surface area contributed by atoms with Crippen molar-refractivity contribution >= 4 is 24.0 Å². The largest absolute Gasteiger partial charge is 0.479 e. The van der Waals surface area contributed by atoms with E-state index >= 15 is 0 Å². The number of carboxylic acids is 1. The molecule has 4 N–H and O–H groups in total. The van der Waals surface area contributed by atoms with Gasteiger partial charge in [0, 0.05) is 32.9 Å². The number of hydrogen-bond donors (Lipinski definition) is 4. The molecule has 0 saturated carbocycles. The number of rotatable bonds is 10.